The van der Waals surface area contributed by atoms with Crippen molar-refractivity contribution in [2.75, 3.05) is 6.61 Å². The molecule has 0 fully saturated rings. The van der Waals surface area contributed by atoms with E-state index in [1.165, 1.54) is 0 Å². The summed E-state index contributed by atoms with van der Waals surface area (Å²) < 4.78 is 195. The van der Waals surface area contributed by atoms with Gasteiger partial charge in [0.1, 0.15) is 0 Å². The minimum Gasteiger partial charge on any atom is -0.461 e. The Labute approximate surface area is 144 Å². The normalized spacial score (nSPS) is 15.6. The van der Waals surface area contributed by atoms with Crippen molar-refractivity contribution in [2.24, 2.45) is 0 Å². The lowest BCUT2D eigenvalue weighted by molar-refractivity contribution is -0.450. The molecule has 0 bridgehead atoms. The fourth-order valence-corrected chi connectivity index (χ4v) is 1.38. The molecule has 0 amide bonds. The van der Waals surface area contributed by atoms with E-state index >= 15 is 0 Å². The molecule has 2 nitrogen and oxygen atoms in total. The SMILES string of the molecule is CCCOC(=O)C(F)(F)C(F)(F)C(F)(F)C(F)(F)C(F)(F)C(F)(F)C(F)(F)F. The number of hydrogen-bond acceptors (Lipinski definition) is 2. The fraction of sp³-hybridized carbons (Fsp3) is 0.909. The van der Waals surface area contributed by atoms with E-state index in [0.717, 1.165) is 6.92 Å². The van der Waals surface area contributed by atoms with Gasteiger partial charge in [-0.1, -0.05) is 6.92 Å². The van der Waals surface area contributed by atoms with Gasteiger partial charge in [0.25, 0.3) is 0 Å². The lowest BCUT2D eigenvalue weighted by Crippen LogP contribution is -2.73. The summed E-state index contributed by atoms with van der Waals surface area (Å²) in [5, 5.41) is 0. The van der Waals surface area contributed by atoms with Crippen molar-refractivity contribution in [3.63, 3.8) is 0 Å². The van der Waals surface area contributed by atoms with Gasteiger partial charge < -0.3 is 4.74 Å². The molecule has 0 spiro atoms. The van der Waals surface area contributed by atoms with E-state index in [4.69, 9.17) is 0 Å². The van der Waals surface area contributed by atoms with Crippen LogP contribution in [0.3, 0.4) is 0 Å². The Hall–Kier alpha value is -1.58. The average Bonchev–Trinajstić information content (AvgIpc) is 2.50. The van der Waals surface area contributed by atoms with Crippen molar-refractivity contribution >= 4 is 5.97 Å². The van der Waals surface area contributed by atoms with Crippen LogP contribution in [0.25, 0.3) is 0 Å². The molecule has 17 heteroatoms. The number of rotatable bonds is 8. The molecule has 0 aromatic heterocycles. The van der Waals surface area contributed by atoms with Crippen molar-refractivity contribution in [1.82, 2.24) is 0 Å². The van der Waals surface area contributed by atoms with Gasteiger partial charge in [-0.15, -0.1) is 0 Å². The van der Waals surface area contributed by atoms with Crippen LogP contribution >= 0.6 is 0 Å². The Bertz CT molecular complexity index is 577. The van der Waals surface area contributed by atoms with E-state index in [2.05, 4.69) is 4.74 Å². The molecule has 0 unspecified atom stereocenters. The summed E-state index contributed by atoms with van der Waals surface area (Å²) in [6, 6.07) is 0. The van der Waals surface area contributed by atoms with Crippen LogP contribution < -0.4 is 0 Å². The molecule has 0 N–H and O–H groups in total. The standard InChI is InChI=1S/C11H7F15O2/c1-2-3-28-4(27)5(12,13)6(14,15)7(16,17)8(18,19)9(20,21)10(22,23)11(24,25)26/h2-3H2,1H3. The van der Waals surface area contributed by atoms with E-state index in [1.54, 1.807) is 0 Å². The Morgan fingerprint density at radius 2 is 0.929 bits per heavy atom. The maximum absolute atomic E-state index is 13.2. The van der Waals surface area contributed by atoms with Crippen LogP contribution in [0.4, 0.5) is 65.9 Å². The van der Waals surface area contributed by atoms with Crippen LogP contribution in [0, 0.1) is 0 Å². The molecule has 0 aromatic rings. The summed E-state index contributed by atoms with van der Waals surface area (Å²) in [5.74, 6) is -51.6. The maximum Gasteiger partial charge on any atom is 0.460 e. The van der Waals surface area contributed by atoms with Gasteiger partial charge in [-0.2, -0.15) is 65.9 Å². The second-order valence-corrected chi connectivity index (χ2v) is 5.08. The quantitative estimate of drug-likeness (QED) is 0.366. The Morgan fingerprint density at radius 3 is 1.25 bits per heavy atom. The van der Waals surface area contributed by atoms with Crippen molar-refractivity contribution in [3.8, 4) is 0 Å². The highest BCUT2D eigenvalue weighted by atomic mass is 19.4. The first kappa shape index (κ1) is 26.4. The minimum absolute atomic E-state index is 0.407. The van der Waals surface area contributed by atoms with Crippen LogP contribution in [0.5, 0.6) is 0 Å². The molecule has 0 aliphatic rings. The number of ether oxygens (including phenoxy) is 1. The van der Waals surface area contributed by atoms with E-state index in [1.807, 2.05) is 0 Å². The molecule has 28 heavy (non-hydrogen) atoms. The predicted octanol–water partition coefficient (Wildman–Crippen LogP) is 5.31. The lowest BCUT2D eigenvalue weighted by Gasteiger charge is -2.40. The topological polar surface area (TPSA) is 26.3 Å². The molecule has 0 radical (unpaired) electrons. The van der Waals surface area contributed by atoms with Gasteiger partial charge >= 0.3 is 47.7 Å². The first-order valence-corrected chi connectivity index (χ1v) is 6.49. The van der Waals surface area contributed by atoms with Crippen LogP contribution in [-0.2, 0) is 9.53 Å². The molecule has 0 saturated carbocycles. The number of hydrogen-bond donors (Lipinski definition) is 0. The van der Waals surface area contributed by atoms with Gasteiger partial charge in [-0.3, -0.25) is 0 Å². The van der Waals surface area contributed by atoms with Crippen molar-refractivity contribution < 1.29 is 75.4 Å². The summed E-state index contributed by atoms with van der Waals surface area (Å²) in [5.41, 5.74) is 0. The molecule has 0 aliphatic carbocycles. The van der Waals surface area contributed by atoms with Crippen LogP contribution in [-0.4, -0.2) is 54.3 Å². The number of carbonyl (C=O) groups is 1. The first-order valence-electron chi connectivity index (χ1n) is 6.49. The average molecular weight is 456 g/mol. The summed E-state index contributed by atoms with van der Waals surface area (Å²) >= 11 is 0. The molecule has 0 heterocycles. The van der Waals surface area contributed by atoms with E-state index < -0.39 is 60.7 Å². The Balaban J connectivity index is 6.43. The molecule has 168 valence electrons. The first-order chi connectivity index (χ1) is 12.0. The molecule has 0 saturated heterocycles. The molecule has 0 aromatic carbocycles. The highest BCUT2D eigenvalue weighted by Crippen LogP contribution is 2.62. The highest BCUT2D eigenvalue weighted by Gasteiger charge is 2.94. The van der Waals surface area contributed by atoms with Gasteiger partial charge in [0.05, 0.1) is 6.61 Å². The Morgan fingerprint density at radius 1 is 0.607 bits per heavy atom. The van der Waals surface area contributed by atoms with E-state index in [-0.39, 0.29) is 0 Å². The number of carbonyl (C=O) groups excluding carboxylic acids is 1. The third kappa shape index (κ3) is 3.44. The van der Waals surface area contributed by atoms with Gasteiger partial charge in [0.15, 0.2) is 0 Å². The largest absolute Gasteiger partial charge is 0.461 e. The molecule has 0 rings (SSSR count). The predicted molar refractivity (Wildman–Crippen MR) is 57.0 cm³/mol. The zero-order valence-electron chi connectivity index (χ0n) is 12.9. The lowest BCUT2D eigenvalue weighted by atomic mass is 9.91. The minimum atomic E-state index is -8.42. The second kappa shape index (κ2) is 7.03. The second-order valence-electron chi connectivity index (χ2n) is 5.08. The Kier molecular flexibility index (Phi) is 6.64. The molecule has 0 aliphatic heterocycles. The molecule has 0 atom stereocenters. The maximum atomic E-state index is 13.2. The fourth-order valence-electron chi connectivity index (χ4n) is 1.38. The highest BCUT2D eigenvalue weighted by molar-refractivity contribution is 5.79. The van der Waals surface area contributed by atoms with E-state index in [9.17, 15) is 70.7 Å². The van der Waals surface area contributed by atoms with Gasteiger partial charge in [0, 0.05) is 0 Å². The van der Waals surface area contributed by atoms with Gasteiger partial charge in [-0.05, 0) is 6.42 Å². The number of halogens is 15. The zero-order chi connectivity index (χ0) is 23.2. The number of esters is 1. The third-order valence-corrected chi connectivity index (χ3v) is 3.02. The smallest absolute Gasteiger partial charge is 0.460 e. The number of alkyl halides is 15. The van der Waals surface area contributed by atoms with Crippen molar-refractivity contribution in [1.29, 1.82) is 0 Å². The summed E-state index contributed by atoms with van der Waals surface area (Å²) in [6.45, 7) is -0.124. The van der Waals surface area contributed by atoms with Crippen LogP contribution in [0.2, 0.25) is 0 Å². The van der Waals surface area contributed by atoms with Gasteiger partial charge in [-0.25, -0.2) is 4.79 Å². The monoisotopic (exact) mass is 456 g/mol. The van der Waals surface area contributed by atoms with Crippen molar-refractivity contribution in [2.45, 2.75) is 55.1 Å². The zero-order valence-corrected chi connectivity index (χ0v) is 12.9. The summed E-state index contributed by atoms with van der Waals surface area (Å²) in [4.78, 5) is 10.7. The van der Waals surface area contributed by atoms with Crippen molar-refractivity contribution in [3.05, 3.63) is 0 Å². The van der Waals surface area contributed by atoms with Gasteiger partial charge in [0.2, 0.25) is 0 Å². The van der Waals surface area contributed by atoms with Crippen LogP contribution in [0.1, 0.15) is 13.3 Å². The summed E-state index contributed by atoms with van der Waals surface area (Å²) in [7, 11) is 0. The van der Waals surface area contributed by atoms with Crippen LogP contribution in [0.15, 0.2) is 0 Å². The van der Waals surface area contributed by atoms with E-state index in [0.29, 0.717) is 0 Å². The molecular weight excluding hydrogens is 449 g/mol. The molecular formula is C11H7F15O2. The third-order valence-electron chi connectivity index (χ3n) is 3.02. The summed E-state index contributed by atoms with van der Waals surface area (Å²) in [6.07, 6.45) is -8.08.